The van der Waals surface area contributed by atoms with Crippen molar-refractivity contribution in [3.05, 3.63) is 0 Å². The highest BCUT2D eigenvalue weighted by atomic mass is 32.2. The summed E-state index contributed by atoms with van der Waals surface area (Å²) in [5.41, 5.74) is -1.09. The van der Waals surface area contributed by atoms with E-state index in [0.717, 1.165) is 32.5 Å². The summed E-state index contributed by atoms with van der Waals surface area (Å²) in [6.07, 6.45) is -8.06. The second-order valence-electron chi connectivity index (χ2n) is 9.58. The predicted octanol–water partition coefficient (Wildman–Crippen LogP) is 0.635. The van der Waals surface area contributed by atoms with Gasteiger partial charge in [0.2, 0.25) is 0 Å². The molecule has 2 rings (SSSR count). The maximum Gasteiger partial charge on any atom is 0.303 e. The van der Waals surface area contributed by atoms with Crippen LogP contribution >= 0.6 is 11.8 Å². The highest BCUT2D eigenvalue weighted by Crippen LogP contribution is 2.40. The Hall–Kier alpha value is -2.46. The summed E-state index contributed by atoms with van der Waals surface area (Å²) in [7, 11) is 0. The fourth-order valence-corrected chi connectivity index (χ4v) is 5.75. The SMILES string of the molecule is CC(=O)OC[C@H]1O[C@@H](S[C@@H]2C[C@H](O)[C@@H](OC(C)C)O[C@@H]2COC(C)=O)[C@H](OC(C)=O)[C@@H](OC(C)=O)[C@H]1OC(C)=O. The Labute approximate surface area is 236 Å². The van der Waals surface area contributed by atoms with E-state index in [1.54, 1.807) is 13.8 Å². The normalized spacial score (nSPS) is 32.1. The monoisotopic (exact) mass is 594 g/mol. The van der Waals surface area contributed by atoms with E-state index in [0.29, 0.717) is 0 Å². The molecule has 0 radical (unpaired) electrons. The minimum absolute atomic E-state index is 0.0981. The van der Waals surface area contributed by atoms with Crippen molar-refractivity contribution < 1.29 is 67.0 Å². The van der Waals surface area contributed by atoms with Crippen LogP contribution in [0.4, 0.5) is 0 Å². The number of aliphatic hydroxyl groups excluding tert-OH is 1. The third-order valence-electron chi connectivity index (χ3n) is 5.63. The molecule has 2 aliphatic rings. The maximum absolute atomic E-state index is 12.1. The number of rotatable bonds is 11. The molecule has 0 aromatic rings. The molecule has 14 nitrogen and oxygen atoms in total. The molecule has 0 bridgehead atoms. The molecule has 2 aliphatic heterocycles. The first kappa shape index (κ1) is 33.7. The molecular weight excluding hydrogens is 556 g/mol. The van der Waals surface area contributed by atoms with Crippen molar-refractivity contribution in [3.8, 4) is 0 Å². The van der Waals surface area contributed by atoms with E-state index >= 15 is 0 Å². The van der Waals surface area contributed by atoms with Crippen LogP contribution in [0.5, 0.6) is 0 Å². The lowest BCUT2D eigenvalue weighted by Crippen LogP contribution is -2.62. The minimum Gasteiger partial charge on any atom is -0.463 e. The Bertz CT molecular complexity index is 910. The number of carbonyl (C=O) groups is 5. The van der Waals surface area contributed by atoms with Crippen molar-refractivity contribution in [2.24, 2.45) is 0 Å². The van der Waals surface area contributed by atoms with Crippen molar-refractivity contribution in [1.82, 2.24) is 0 Å². The summed E-state index contributed by atoms with van der Waals surface area (Å²) in [5, 5.41) is 10.1. The van der Waals surface area contributed by atoms with E-state index in [4.69, 9.17) is 37.9 Å². The van der Waals surface area contributed by atoms with Gasteiger partial charge in [-0.25, -0.2) is 0 Å². The van der Waals surface area contributed by atoms with Crippen LogP contribution in [-0.4, -0.2) is 108 Å². The molecule has 2 fully saturated rings. The quantitative estimate of drug-likeness (QED) is 0.260. The lowest BCUT2D eigenvalue weighted by molar-refractivity contribution is -0.256. The van der Waals surface area contributed by atoms with Crippen LogP contribution < -0.4 is 0 Å². The first-order valence-corrected chi connectivity index (χ1v) is 13.7. The average molecular weight is 595 g/mol. The van der Waals surface area contributed by atoms with Crippen molar-refractivity contribution in [2.45, 2.75) is 115 Å². The third kappa shape index (κ3) is 10.5. The lowest BCUT2D eigenvalue weighted by Gasteiger charge is -2.46. The fourth-order valence-electron chi connectivity index (χ4n) is 4.20. The molecule has 0 spiro atoms. The van der Waals surface area contributed by atoms with E-state index in [9.17, 15) is 29.1 Å². The fraction of sp³-hybridized carbons (Fsp3) is 0.800. The van der Waals surface area contributed by atoms with Crippen LogP contribution in [0.25, 0.3) is 0 Å². The Balaban J connectivity index is 2.44. The van der Waals surface area contributed by atoms with Crippen molar-refractivity contribution in [1.29, 1.82) is 0 Å². The maximum atomic E-state index is 12.1. The van der Waals surface area contributed by atoms with Crippen LogP contribution in [-0.2, 0) is 61.9 Å². The standard InChI is InChI=1S/C25H38O14S/c1-11(2)34-24-17(31)8-20(18(38-24)9-32-12(3)26)40-25-23(37-16(7)30)22(36-15(6)29)21(35-14(5)28)19(39-25)10-33-13(4)27/h11,17-25,31H,8-10H2,1-7H3/t17-,18+,19+,20+,21-,22-,23+,24-,25-/m0/s1. The van der Waals surface area contributed by atoms with Crippen molar-refractivity contribution in [2.75, 3.05) is 13.2 Å². The minimum atomic E-state index is -1.34. The largest absolute Gasteiger partial charge is 0.463 e. The summed E-state index contributed by atoms with van der Waals surface area (Å²) in [6, 6.07) is 0. The molecule has 0 aromatic carbocycles. The van der Waals surface area contributed by atoms with Gasteiger partial charge in [0.05, 0.1) is 6.10 Å². The van der Waals surface area contributed by atoms with Crippen LogP contribution in [0.3, 0.4) is 0 Å². The molecule has 228 valence electrons. The van der Waals surface area contributed by atoms with Gasteiger partial charge >= 0.3 is 29.8 Å². The highest BCUT2D eigenvalue weighted by molar-refractivity contribution is 8.00. The van der Waals surface area contributed by atoms with Gasteiger partial charge in [-0.05, 0) is 20.3 Å². The molecule has 0 aliphatic carbocycles. The molecule has 2 saturated heterocycles. The molecule has 0 unspecified atom stereocenters. The van der Waals surface area contributed by atoms with E-state index in [2.05, 4.69) is 0 Å². The van der Waals surface area contributed by atoms with E-state index in [-0.39, 0.29) is 25.7 Å². The molecule has 0 aromatic heterocycles. The molecule has 40 heavy (non-hydrogen) atoms. The van der Waals surface area contributed by atoms with Crippen LogP contribution in [0.1, 0.15) is 54.9 Å². The number of ether oxygens (including phenoxy) is 8. The summed E-state index contributed by atoms with van der Waals surface area (Å²) < 4.78 is 44.4. The second-order valence-corrected chi connectivity index (χ2v) is 10.9. The number of esters is 5. The summed E-state index contributed by atoms with van der Waals surface area (Å²) in [6.45, 7) is 8.81. The number of thioether (sulfide) groups is 1. The van der Waals surface area contributed by atoms with Crippen molar-refractivity contribution >= 4 is 41.6 Å². The number of hydrogen-bond acceptors (Lipinski definition) is 15. The van der Waals surface area contributed by atoms with E-state index in [1.807, 2.05) is 0 Å². The molecule has 0 amide bonds. The van der Waals surface area contributed by atoms with Crippen LogP contribution in [0, 0.1) is 0 Å². The zero-order valence-electron chi connectivity index (χ0n) is 23.6. The molecular formula is C25H38O14S. The first-order chi connectivity index (χ1) is 18.7. The van der Waals surface area contributed by atoms with E-state index in [1.165, 1.54) is 13.8 Å². The topological polar surface area (TPSA) is 179 Å². The lowest BCUT2D eigenvalue weighted by atomic mass is 9.99. The van der Waals surface area contributed by atoms with Gasteiger partial charge in [-0.15, -0.1) is 11.8 Å². The molecule has 15 heteroatoms. The molecule has 2 heterocycles. The highest BCUT2D eigenvalue weighted by Gasteiger charge is 2.54. The third-order valence-corrected chi connectivity index (χ3v) is 7.12. The predicted molar refractivity (Wildman–Crippen MR) is 135 cm³/mol. The number of aliphatic hydroxyl groups is 1. The Kier molecular flexibility index (Phi) is 13.1. The van der Waals surface area contributed by atoms with Gasteiger partial charge in [-0.1, -0.05) is 0 Å². The van der Waals surface area contributed by atoms with Gasteiger partial charge in [0.25, 0.3) is 0 Å². The molecule has 9 atom stereocenters. The summed E-state index contributed by atoms with van der Waals surface area (Å²) in [4.78, 5) is 59.2. The van der Waals surface area contributed by atoms with Gasteiger partial charge in [-0.3, -0.25) is 24.0 Å². The molecule has 0 saturated carbocycles. The summed E-state index contributed by atoms with van der Waals surface area (Å²) >= 11 is 1.06. The van der Waals surface area contributed by atoms with Gasteiger partial charge in [0.1, 0.15) is 37.0 Å². The smallest absolute Gasteiger partial charge is 0.303 e. The van der Waals surface area contributed by atoms with Crippen molar-refractivity contribution in [3.63, 3.8) is 0 Å². The van der Waals surface area contributed by atoms with Gasteiger partial charge in [0.15, 0.2) is 24.6 Å². The second kappa shape index (κ2) is 15.5. The number of hydrogen-bond donors (Lipinski definition) is 1. The van der Waals surface area contributed by atoms with Crippen LogP contribution in [0.15, 0.2) is 0 Å². The van der Waals surface area contributed by atoms with E-state index < -0.39 is 83.4 Å². The van der Waals surface area contributed by atoms with Gasteiger partial charge in [0, 0.05) is 39.9 Å². The Morgan fingerprint density at radius 2 is 1.25 bits per heavy atom. The van der Waals surface area contributed by atoms with Gasteiger partial charge in [-0.2, -0.15) is 0 Å². The van der Waals surface area contributed by atoms with Crippen LogP contribution in [0.2, 0.25) is 0 Å². The number of carbonyl (C=O) groups excluding carboxylic acids is 5. The molecule has 1 N–H and O–H groups in total. The Morgan fingerprint density at radius 1 is 0.750 bits per heavy atom. The van der Waals surface area contributed by atoms with Gasteiger partial charge < -0.3 is 43.0 Å². The zero-order valence-corrected chi connectivity index (χ0v) is 24.4. The first-order valence-electron chi connectivity index (χ1n) is 12.8. The summed E-state index contributed by atoms with van der Waals surface area (Å²) in [5.74, 6) is -3.42. The Morgan fingerprint density at radius 3 is 1.75 bits per heavy atom. The zero-order chi connectivity index (χ0) is 30.1. The average Bonchev–Trinajstić information content (AvgIpc) is 2.81.